The molecule has 96 valence electrons. The van der Waals surface area contributed by atoms with Gasteiger partial charge in [0.1, 0.15) is 6.04 Å². The summed E-state index contributed by atoms with van der Waals surface area (Å²) in [5.74, 6) is -0.914. The van der Waals surface area contributed by atoms with E-state index in [1.807, 2.05) is 0 Å². The maximum atomic E-state index is 10.5. The Morgan fingerprint density at radius 1 is 1.44 bits per heavy atom. The highest BCUT2D eigenvalue weighted by atomic mass is 16.4. The van der Waals surface area contributed by atoms with Crippen LogP contribution in [0, 0.1) is 5.41 Å². The summed E-state index contributed by atoms with van der Waals surface area (Å²) in [5, 5.41) is 12.1. The van der Waals surface area contributed by atoms with Gasteiger partial charge in [-0.1, -0.05) is 27.7 Å². The minimum Gasteiger partial charge on any atom is -0.480 e. The van der Waals surface area contributed by atoms with Gasteiger partial charge in [-0.2, -0.15) is 0 Å². The number of carboxylic acids is 1. The number of nitrogens with two attached hydrogens (primary N) is 1. The topological polar surface area (TPSA) is 75.3 Å². The third kappa shape index (κ3) is 6.08. The molecule has 0 aliphatic carbocycles. The summed E-state index contributed by atoms with van der Waals surface area (Å²) in [4.78, 5) is 10.5. The van der Waals surface area contributed by atoms with Gasteiger partial charge in [0.15, 0.2) is 0 Å². The minimum absolute atomic E-state index is 0.240. The van der Waals surface area contributed by atoms with Crippen molar-refractivity contribution < 1.29 is 9.90 Å². The maximum absolute atomic E-state index is 10.5. The third-order valence-electron chi connectivity index (χ3n) is 2.85. The summed E-state index contributed by atoms with van der Waals surface area (Å²) < 4.78 is 0. The molecule has 2 atom stereocenters. The van der Waals surface area contributed by atoms with Gasteiger partial charge in [0.2, 0.25) is 0 Å². The largest absolute Gasteiger partial charge is 0.480 e. The van der Waals surface area contributed by atoms with Crippen LogP contribution in [0.4, 0.5) is 0 Å². The predicted molar refractivity (Wildman–Crippen MR) is 66.4 cm³/mol. The van der Waals surface area contributed by atoms with Crippen LogP contribution in [0.5, 0.6) is 0 Å². The van der Waals surface area contributed by atoms with E-state index in [0.717, 1.165) is 19.4 Å². The van der Waals surface area contributed by atoms with Gasteiger partial charge in [-0.3, -0.25) is 4.79 Å². The average Bonchev–Trinajstić information content (AvgIpc) is 2.15. The zero-order valence-electron chi connectivity index (χ0n) is 10.9. The number of hydrogen-bond donors (Lipinski definition) is 3. The predicted octanol–water partition coefficient (Wildman–Crippen LogP) is 1.59. The molecule has 4 N–H and O–H groups in total. The maximum Gasteiger partial charge on any atom is 0.320 e. The Labute approximate surface area is 98.6 Å². The van der Waals surface area contributed by atoms with E-state index in [-0.39, 0.29) is 5.41 Å². The van der Waals surface area contributed by atoms with Crippen LogP contribution in [-0.2, 0) is 4.79 Å². The molecule has 4 nitrogen and oxygen atoms in total. The molecular weight excluding hydrogens is 204 g/mol. The van der Waals surface area contributed by atoms with E-state index in [9.17, 15) is 4.79 Å². The molecule has 0 aromatic rings. The number of carbonyl (C=O) groups is 1. The summed E-state index contributed by atoms with van der Waals surface area (Å²) >= 11 is 0. The SMILES string of the molecule is CCC(NCCCC(N)C(=O)O)C(C)(C)C. The number of rotatable bonds is 7. The van der Waals surface area contributed by atoms with Crippen molar-refractivity contribution in [2.24, 2.45) is 11.1 Å². The van der Waals surface area contributed by atoms with Gasteiger partial charge in [0, 0.05) is 6.04 Å². The fourth-order valence-electron chi connectivity index (χ4n) is 1.78. The minimum atomic E-state index is -0.914. The lowest BCUT2D eigenvalue weighted by atomic mass is 9.85. The van der Waals surface area contributed by atoms with E-state index >= 15 is 0 Å². The van der Waals surface area contributed by atoms with Crippen molar-refractivity contribution in [3.05, 3.63) is 0 Å². The standard InChI is InChI=1S/C12H26N2O2/c1-5-10(12(2,3)4)14-8-6-7-9(13)11(15)16/h9-10,14H,5-8,13H2,1-4H3,(H,15,16). The van der Waals surface area contributed by atoms with Crippen LogP contribution in [0.2, 0.25) is 0 Å². The second-order valence-corrected chi connectivity index (χ2v) is 5.37. The van der Waals surface area contributed by atoms with Gasteiger partial charge < -0.3 is 16.2 Å². The van der Waals surface area contributed by atoms with Gasteiger partial charge in [-0.15, -0.1) is 0 Å². The molecule has 0 saturated carbocycles. The Bertz CT molecular complexity index is 212. The van der Waals surface area contributed by atoms with Crippen LogP contribution in [0.25, 0.3) is 0 Å². The zero-order valence-corrected chi connectivity index (χ0v) is 10.9. The van der Waals surface area contributed by atoms with Crippen LogP contribution in [-0.4, -0.2) is 29.7 Å². The van der Waals surface area contributed by atoms with Crippen molar-refractivity contribution in [2.45, 2.75) is 59.0 Å². The van der Waals surface area contributed by atoms with Crippen molar-refractivity contribution in [1.82, 2.24) is 5.32 Å². The van der Waals surface area contributed by atoms with Crippen molar-refractivity contribution in [3.8, 4) is 0 Å². The molecule has 2 unspecified atom stereocenters. The normalized spacial score (nSPS) is 15.8. The number of hydrogen-bond acceptors (Lipinski definition) is 3. The molecule has 0 rings (SSSR count). The highest BCUT2D eigenvalue weighted by Gasteiger charge is 2.21. The summed E-state index contributed by atoms with van der Waals surface area (Å²) in [6.45, 7) is 9.61. The summed E-state index contributed by atoms with van der Waals surface area (Å²) in [7, 11) is 0. The highest BCUT2D eigenvalue weighted by molar-refractivity contribution is 5.72. The van der Waals surface area contributed by atoms with Crippen LogP contribution >= 0.6 is 0 Å². The molecule has 0 heterocycles. The first kappa shape index (κ1) is 15.4. The van der Waals surface area contributed by atoms with Gasteiger partial charge in [0.25, 0.3) is 0 Å². The number of nitrogens with one attached hydrogen (secondary N) is 1. The van der Waals surface area contributed by atoms with Crippen LogP contribution in [0.3, 0.4) is 0 Å². The third-order valence-corrected chi connectivity index (χ3v) is 2.85. The first-order valence-electron chi connectivity index (χ1n) is 6.00. The average molecular weight is 230 g/mol. The van der Waals surface area contributed by atoms with E-state index in [2.05, 4.69) is 33.0 Å². The fraction of sp³-hybridized carbons (Fsp3) is 0.917. The van der Waals surface area contributed by atoms with Gasteiger partial charge >= 0.3 is 5.97 Å². The molecule has 4 heteroatoms. The van der Waals surface area contributed by atoms with Gasteiger partial charge in [-0.05, 0) is 31.2 Å². The summed E-state index contributed by atoms with van der Waals surface area (Å²) in [6.07, 6.45) is 2.41. The Morgan fingerprint density at radius 3 is 2.38 bits per heavy atom. The lowest BCUT2D eigenvalue weighted by Crippen LogP contribution is -2.40. The van der Waals surface area contributed by atoms with Crippen LogP contribution in [0.15, 0.2) is 0 Å². The second-order valence-electron chi connectivity index (χ2n) is 5.37. The summed E-state index contributed by atoms with van der Waals surface area (Å²) in [5.41, 5.74) is 5.66. The Hall–Kier alpha value is -0.610. The molecule has 0 radical (unpaired) electrons. The smallest absolute Gasteiger partial charge is 0.320 e. The molecule has 0 bridgehead atoms. The van der Waals surface area contributed by atoms with E-state index in [4.69, 9.17) is 10.8 Å². The Balaban J connectivity index is 3.76. The van der Waals surface area contributed by atoms with E-state index < -0.39 is 12.0 Å². The van der Waals surface area contributed by atoms with E-state index in [1.54, 1.807) is 0 Å². The molecule has 0 fully saturated rings. The highest BCUT2D eigenvalue weighted by Crippen LogP contribution is 2.21. The first-order valence-corrected chi connectivity index (χ1v) is 6.00. The summed E-state index contributed by atoms with van der Waals surface area (Å²) in [6, 6.07) is -0.259. The van der Waals surface area contributed by atoms with E-state index in [0.29, 0.717) is 12.5 Å². The van der Waals surface area contributed by atoms with Gasteiger partial charge in [0.05, 0.1) is 0 Å². The monoisotopic (exact) mass is 230 g/mol. The van der Waals surface area contributed by atoms with Crippen LogP contribution in [0.1, 0.15) is 47.0 Å². The molecule has 0 aliphatic heterocycles. The Morgan fingerprint density at radius 2 is 2.00 bits per heavy atom. The van der Waals surface area contributed by atoms with Crippen LogP contribution < -0.4 is 11.1 Å². The molecule has 0 aliphatic rings. The number of carboxylic acid groups (broad SMARTS) is 1. The molecule has 16 heavy (non-hydrogen) atoms. The quantitative estimate of drug-likeness (QED) is 0.581. The van der Waals surface area contributed by atoms with Crippen molar-refractivity contribution in [1.29, 1.82) is 0 Å². The molecular formula is C12H26N2O2. The lowest BCUT2D eigenvalue weighted by Gasteiger charge is -2.31. The lowest BCUT2D eigenvalue weighted by molar-refractivity contribution is -0.138. The molecule has 0 spiro atoms. The van der Waals surface area contributed by atoms with Crippen molar-refractivity contribution in [2.75, 3.05) is 6.54 Å². The van der Waals surface area contributed by atoms with Crippen molar-refractivity contribution >= 4 is 5.97 Å². The molecule has 0 aromatic carbocycles. The fourth-order valence-corrected chi connectivity index (χ4v) is 1.78. The molecule has 0 saturated heterocycles. The first-order chi connectivity index (χ1) is 7.29. The molecule has 0 amide bonds. The second kappa shape index (κ2) is 6.86. The zero-order chi connectivity index (χ0) is 12.8. The molecule has 0 aromatic heterocycles. The van der Waals surface area contributed by atoms with Crippen molar-refractivity contribution in [3.63, 3.8) is 0 Å². The van der Waals surface area contributed by atoms with Gasteiger partial charge in [-0.25, -0.2) is 0 Å². The van der Waals surface area contributed by atoms with E-state index in [1.165, 1.54) is 0 Å². The Kier molecular flexibility index (Phi) is 6.60. The number of aliphatic carboxylic acids is 1.